The minimum Gasteiger partial charge on any atom is -0.497 e. The maximum atomic E-state index is 12.7. The smallest absolute Gasteiger partial charge is 0.163 e. The van der Waals surface area contributed by atoms with Crippen LogP contribution in [0.15, 0.2) is 53.4 Å². The highest BCUT2D eigenvalue weighted by atomic mass is 32.2. The normalized spacial score (nSPS) is 10.3. The average Bonchev–Trinajstić information content (AvgIpc) is 2.49. The Morgan fingerprint density at radius 2 is 1.75 bits per heavy atom. The zero-order chi connectivity index (χ0) is 14.4. The van der Waals surface area contributed by atoms with E-state index in [1.165, 1.54) is 12.1 Å². The molecule has 0 saturated heterocycles. The summed E-state index contributed by atoms with van der Waals surface area (Å²) in [4.78, 5) is 12.9. The number of hydrogen-bond donors (Lipinski definition) is 0. The maximum absolute atomic E-state index is 12.7. The first-order valence-electron chi connectivity index (χ1n) is 6.24. The molecule has 2 aromatic rings. The second-order valence-electron chi connectivity index (χ2n) is 4.20. The standard InChI is InChI=1S/C16H15FO2S/c1-19-14-6-2-12(3-7-14)16(18)10-11-20-15-8-4-13(17)5-9-15/h2-9H,10-11H2,1H3. The molecule has 0 amide bonds. The average molecular weight is 290 g/mol. The van der Waals surface area contributed by atoms with Gasteiger partial charge in [-0.05, 0) is 48.5 Å². The molecule has 2 aromatic carbocycles. The van der Waals surface area contributed by atoms with Crippen LogP contribution in [-0.2, 0) is 0 Å². The van der Waals surface area contributed by atoms with Gasteiger partial charge in [-0.1, -0.05) is 0 Å². The fourth-order valence-corrected chi connectivity index (χ4v) is 2.57. The number of methoxy groups -OCH3 is 1. The molecule has 20 heavy (non-hydrogen) atoms. The van der Waals surface area contributed by atoms with Gasteiger partial charge in [-0.25, -0.2) is 4.39 Å². The van der Waals surface area contributed by atoms with Crippen LogP contribution in [0.2, 0.25) is 0 Å². The van der Waals surface area contributed by atoms with Crippen molar-refractivity contribution in [2.45, 2.75) is 11.3 Å². The lowest BCUT2D eigenvalue weighted by atomic mass is 10.1. The van der Waals surface area contributed by atoms with Crippen molar-refractivity contribution in [2.24, 2.45) is 0 Å². The van der Waals surface area contributed by atoms with E-state index < -0.39 is 0 Å². The van der Waals surface area contributed by atoms with E-state index in [2.05, 4.69) is 0 Å². The first kappa shape index (κ1) is 14.6. The summed E-state index contributed by atoms with van der Waals surface area (Å²) in [6.07, 6.45) is 0.453. The Kier molecular flexibility index (Phi) is 5.18. The summed E-state index contributed by atoms with van der Waals surface area (Å²) in [7, 11) is 1.59. The molecule has 2 rings (SSSR count). The topological polar surface area (TPSA) is 26.3 Å². The maximum Gasteiger partial charge on any atom is 0.163 e. The third-order valence-electron chi connectivity index (χ3n) is 2.82. The molecule has 4 heteroatoms. The summed E-state index contributed by atoms with van der Waals surface area (Å²) in [6, 6.07) is 13.4. The van der Waals surface area contributed by atoms with Gasteiger partial charge in [0.25, 0.3) is 0 Å². The van der Waals surface area contributed by atoms with Gasteiger partial charge in [-0.15, -0.1) is 11.8 Å². The minimum atomic E-state index is -0.247. The van der Waals surface area contributed by atoms with E-state index in [1.807, 2.05) is 0 Å². The lowest BCUT2D eigenvalue weighted by Gasteiger charge is -2.03. The van der Waals surface area contributed by atoms with E-state index in [4.69, 9.17) is 4.74 Å². The Hall–Kier alpha value is -1.81. The molecular formula is C16H15FO2S. The van der Waals surface area contributed by atoms with E-state index in [0.717, 1.165) is 10.6 Å². The van der Waals surface area contributed by atoms with Gasteiger partial charge >= 0.3 is 0 Å². The van der Waals surface area contributed by atoms with Crippen molar-refractivity contribution in [1.82, 2.24) is 0 Å². The highest BCUT2D eigenvalue weighted by Crippen LogP contribution is 2.20. The molecule has 0 bridgehead atoms. The molecule has 0 aliphatic heterocycles. The van der Waals surface area contributed by atoms with Gasteiger partial charge in [-0.2, -0.15) is 0 Å². The number of benzene rings is 2. The molecule has 0 radical (unpaired) electrons. The zero-order valence-electron chi connectivity index (χ0n) is 11.1. The van der Waals surface area contributed by atoms with E-state index >= 15 is 0 Å². The van der Waals surface area contributed by atoms with Gasteiger partial charge in [0, 0.05) is 22.6 Å². The molecule has 0 spiro atoms. The van der Waals surface area contributed by atoms with E-state index in [-0.39, 0.29) is 11.6 Å². The second-order valence-corrected chi connectivity index (χ2v) is 5.37. The second kappa shape index (κ2) is 7.10. The number of Topliss-reactive ketones (excluding diaryl/α,β-unsaturated/α-hetero) is 1. The number of hydrogen-bond acceptors (Lipinski definition) is 3. The van der Waals surface area contributed by atoms with Crippen molar-refractivity contribution in [3.05, 3.63) is 59.9 Å². The van der Waals surface area contributed by atoms with E-state index in [0.29, 0.717) is 17.7 Å². The van der Waals surface area contributed by atoms with Gasteiger partial charge in [0.1, 0.15) is 11.6 Å². The molecule has 104 valence electrons. The Balaban J connectivity index is 1.83. The number of thioether (sulfide) groups is 1. The lowest BCUT2D eigenvalue weighted by molar-refractivity contribution is 0.0989. The van der Waals surface area contributed by atoms with Crippen LogP contribution in [0.25, 0.3) is 0 Å². The summed E-state index contributed by atoms with van der Waals surface area (Å²) in [5, 5.41) is 0. The third-order valence-corrected chi connectivity index (χ3v) is 3.84. The Morgan fingerprint density at radius 1 is 1.10 bits per heavy atom. The Morgan fingerprint density at radius 3 is 2.35 bits per heavy atom. The number of halogens is 1. The van der Waals surface area contributed by atoms with E-state index in [1.54, 1.807) is 55.3 Å². The summed E-state index contributed by atoms with van der Waals surface area (Å²) in [6.45, 7) is 0. The summed E-state index contributed by atoms with van der Waals surface area (Å²) < 4.78 is 17.8. The molecule has 0 N–H and O–H groups in total. The predicted octanol–water partition coefficient (Wildman–Crippen LogP) is 4.20. The summed E-state index contributed by atoms with van der Waals surface area (Å²) in [5.74, 6) is 1.27. The molecule has 0 aromatic heterocycles. The van der Waals surface area contributed by atoms with Crippen molar-refractivity contribution < 1.29 is 13.9 Å². The van der Waals surface area contributed by atoms with Crippen molar-refractivity contribution in [3.63, 3.8) is 0 Å². The van der Waals surface area contributed by atoms with E-state index in [9.17, 15) is 9.18 Å². The van der Waals surface area contributed by atoms with Gasteiger partial charge in [0.15, 0.2) is 5.78 Å². The lowest BCUT2D eigenvalue weighted by Crippen LogP contribution is -2.00. The van der Waals surface area contributed by atoms with Crippen LogP contribution >= 0.6 is 11.8 Å². The Labute approximate surface area is 122 Å². The Bertz CT molecular complexity index is 564. The molecule has 2 nitrogen and oxygen atoms in total. The SMILES string of the molecule is COc1ccc(C(=O)CCSc2ccc(F)cc2)cc1. The van der Waals surface area contributed by atoms with Gasteiger partial charge in [-0.3, -0.25) is 4.79 Å². The molecule has 0 unspecified atom stereocenters. The van der Waals surface area contributed by atoms with Crippen LogP contribution in [0.1, 0.15) is 16.8 Å². The third kappa shape index (κ3) is 4.10. The number of carbonyl (C=O) groups excluding carboxylic acids is 1. The van der Waals surface area contributed by atoms with Crippen LogP contribution < -0.4 is 4.74 Å². The van der Waals surface area contributed by atoms with Crippen LogP contribution in [-0.4, -0.2) is 18.6 Å². The highest BCUT2D eigenvalue weighted by molar-refractivity contribution is 7.99. The predicted molar refractivity (Wildman–Crippen MR) is 79.1 cm³/mol. The fraction of sp³-hybridized carbons (Fsp3) is 0.188. The number of rotatable bonds is 6. The monoisotopic (exact) mass is 290 g/mol. The molecule has 0 heterocycles. The van der Waals surface area contributed by atoms with Crippen molar-refractivity contribution >= 4 is 17.5 Å². The largest absolute Gasteiger partial charge is 0.497 e. The molecule has 0 atom stereocenters. The van der Waals surface area contributed by atoms with Crippen LogP contribution in [0, 0.1) is 5.82 Å². The number of ketones is 1. The van der Waals surface area contributed by atoms with Gasteiger partial charge in [0.2, 0.25) is 0 Å². The summed E-state index contributed by atoms with van der Waals surface area (Å²) in [5.41, 5.74) is 0.686. The quantitative estimate of drug-likeness (QED) is 0.589. The van der Waals surface area contributed by atoms with Crippen molar-refractivity contribution in [2.75, 3.05) is 12.9 Å². The molecule has 0 aliphatic carbocycles. The molecular weight excluding hydrogens is 275 g/mol. The zero-order valence-corrected chi connectivity index (χ0v) is 12.0. The van der Waals surface area contributed by atoms with Crippen LogP contribution in [0.3, 0.4) is 0 Å². The first-order chi connectivity index (χ1) is 9.69. The minimum absolute atomic E-state index is 0.0993. The molecule has 0 fully saturated rings. The van der Waals surface area contributed by atoms with Crippen molar-refractivity contribution in [1.29, 1.82) is 0 Å². The number of ether oxygens (including phenoxy) is 1. The number of carbonyl (C=O) groups is 1. The highest BCUT2D eigenvalue weighted by Gasteiger charge is 2.06. The van der Waals surface area contributed by atoms with Crippen LogP contribution in [0.4, 0.5) is 4.39 Å². The van der Waals surface area contributed by atoms with Gasteiger partial charge < -0.3 is 4.74 Å². The molecule has 0 aliphatic rings. The van der Waals surface area contributed by atoms with Crippen molar-refractivity contribution in [3.8, 4) is 5.75 Å². The van der Waals surface area contributed by atoms with Gasteiger partial charge in [0.05, 0.1) is 7.11 Å². The van der Waals surface area contributed by atoms with Crippen LogP contribution in [0.5, 0.6) is 5.75 Å². The first-order valence-corrected chi connectivity index (χ1v) is 7.23. The summed E-state index contributed by atoms with van der Waals surface area (Å²) >= 11 is 1.55. The fourth-order valence-electron chi connectivity index (χ4n) is 1.71. The molecule has 0 saturated carbocycles.